The minimum absolute atomic E-state index is 0.0124. The topological polar surface area (TPSA) is 78.2 Å². The smallest absolute Gasteiger partial charge is 0.271 e. The average Bonchev–Trinajstić information content (AvgIpc) is 2.43. The monoisotopic (exact) mass is 261 g/mol. The number of aromatic nitrogens is 2. The van der Waals surface area contributed by atoms with Gasteiger partial charge in [0.15, 0.2) is 0 Å². The second-order valence-corrected chi connectivity index (χ2v) is 4.19. The van der Waals surface area contributed by atoms with Gasteiger partial charge in [-0.1, -0.05) is 19.8 Å². The molecule has 0 radical (unpaired) electrons. The highest BCUT2D eigenvalue weighted by Gasteiger charge is 2.08. The van der Waals surface area contributed by atoms with Crippen LogP contribution in [0.15, 0.2) is 24.4 Å². The highest BCUT2D eigenvalue weighted by Crippen LogP contribution is 2.19. The first kappa shape index (κ1) is 13.2. The van der Waals surface area contributed by atoms with E-state index in [1.54, 1.807) is 6.07 Å². The summed E-state index contributed by atoms with van der Waals surface area (Å²) < 4.78 is 5.49. The molecule has 0 saturated carbocycles. The van der Waals surface area contributed by atoms with Crippen LogP contribution in [-0.2, 0) is 0 Å². The summed E-state index contributed by atoms with van der Waals surface area (Å²) in [6.07, 6.45) is 4.73. The number of rotatable bonds is 6. The molecule has 1 heterocycles. The van der Waals surface area contributed by atoms with Crippen LogP contribution in [0.4, 0.5) is 5.69 Å². The van der Waals surface area contributed by atoms with Crippen LogP contribution in [0.3, 0.4) is 0 Å². The summed E-state index contributed by atoms with van der Waals surface area (Å²) in [5.74, 6) is 0.456. The third-order valence-electron chi connectivity index (χ3n) is 2.71. The summed E-state index contributed by atoms with van der Waals surface area (Å²) in [7, 11) is 0. The second kappa shape index (κ2) is 6.08. The molecule has 0 atom stereocenters. The molecule has 0 amide bonds. The molecule has 0 N–H and O–H groups in total. The van der Waals surface area contributed by atoms with Crippen LogP contribution in [0.25, 0.3) is 11.0 Å². The molecule has 6 nitrogen and oxygen atoms in total. The molecule has 0 saturated heterocycles. The Labute approximate surface area is 110 Å². The van der Waals surface area contributed by atoms with Gasteiger partial charge in [0.2, 0.25) is 5.88 Å². The van der Waals surface area contributed by atoms with Gasteiger partial charge in [-0.3, -0.25) is 10.1 Å². The molecule has 0 fully saturated rings. The molecule has 0 aliphatic heterocycles. The first-order chi connectivity index (χ1) is 9.20. The quantitative estimate of drug-likeness (QED) is 0.453. The van der Waals surface area contributed by atoms with Gasteiger partial charge in [-0.25, -0.2) is 9.97 Å². The van der Waals surface area contributed by atoms with Gasteiger partial charge in [0, 0.05) is 12.1 Å². The Hall–Kier alpha value is -2.24. The van der Waals surface area contributed by atoms with Crippen LogP contribution in [0.5, 0.6) is 5.88 Å². The second-order valence-electron chi connectivity index (χ2n) is 4.19. The number of benzene rings is 1. The molecule has 0 unspecified atom stereocenters. The zero-order chi connectivity index (χ0) is 13.7. The Kier molecular flexibility index (Phi) is 4.22. The number of hydrogen-bond acceptors (Lipinski definition) is 5. The highest BCUT2D eigenvalue weighted by molar-refractivity contribution is 5.77. The summed E-state index contributed by atoms with van der Waals surface area (Å²) in [6.45, 7) is 2.74. The third kappa shape index (κ3) is 3.37. The van der Waals surface area contributed by atoms with Crippen molar-refractivity contribution in [1.82, 2.24) is 9.97 Å². The summed E-state index contributed by atoms with van der Waals surface area (Å²) >= 11 is 0. The molecule has 0 bridgehead atoms. The van der Waals surface area contributed by atoms with Crippen molar-refractivity contribution in [3.8, 4) is 5.88 Å². The van der Waals surface area contributed by atoms with Crippen molar-refractivity contribution < 1.29 is 9.66 Å². The number of nitrogens with zero attached hydrogens (tertiary/aromatic N) is 3. The van der Waals surface area contributed by atoms with E-state index in [0.29, 0.717) is 23.5 Å². The fourth-order valence-corrected chi connectivity index (χ4v) is 1.69. The molecule has 2 aromatic rings. The minimum atomic E-state index is -0.448. The summed E-state index contributed by atoms with van der Waals surface area (Å²) in [5.41, 5.74) is 1.10. The number of hydrogen-bond donors (Lipinski definition) is 0. The van der Waals surface area contributed by atoms with Gasteiger partial charge >= 0.3 is 0 Å². The van der Waals surface area contributed by atoms with Crippen LogP contribution in [-0.4, -0.2) is 21.5 Å². The van der Waals surface area contributed by atoms with E-state index in [9.17, 15) is 10.1 Å². The van der Waals surface area contributed by atoms with E-state index in [1.165, 1.54) is 18.3 Å². The SMILES string of the molecule is CCCCCOc1cnc2cc([N+](=O)[O-])ccc2n1. The van der Waals surface area contributed by atoms with Crippen molar-refractivity contribution in [2.75, 3.05) is 6.61 Å². The van der Waals surface area contributed by atoms with Gasteiger partial charge in [0.25, 0.3) is 5.69 Å². The molecular weight excluding hydrogens is 246 g/mol. The first-order valence-electron chi connectivity index (χ1n) is 6.24. The van der Waals surface area contributed by atoms with E-state index in [0.717, 1.165) is 19.3 Å². The number of ether oxygens (including phenoxy) is 1. The van der Waals surface area contributed by atoms with Gasteiger partial charge in [-0.2, -0.15) is 0 Å². The van der Waals surface area contributed by atoms with Crippen molar-refractivity contribution in [2.24, 2.45) is 0 Å². The molecular formula is C13H15N3O3. The Morgan fingerprint density at radius 3 is 2.89 bits per heavy atom. The lowest BCUT2D eigenvalue weighted by Crippen LogP contribution is -2.00. The van der Waals surface area contributed by atoms with Crippen LogP contribution < -0.4 is 4.74 Å². The zero-order valence-corrected chi connectivity index (χ0v) is 10.7. The highest BCUT2D eigenvalue weighted by atomic mass is 16.6. The molecule has 0 spiro atoms. The van der Waals surface area contributed by atoms with Crippen LogP contribution >= 0.6 is 0 Å². The number of unbranched alkanes of at least 4 members (excludes halogenated alkanes) is 2. The van der Waals surface area contributed by atoms with Crippen molar-refractivity contribution in [2.45, 2.75) is 26.2 Å². The fraction of sp³-hybridized carbons (Fsp3) is 0.385. The van der Waals surface area contributed by atoms with Gasteiger partial charge in [0.05, 0.1) is 28.8 Å². The number of non-ortho nitro benzene ring substituents is 1. The van der Waals surface area contributed by atoms with E-state index in [4.69, 9.17) is 4.74 Å². The van der Waals surface area contributed by atoms with Gasteiger partial charge in [0.1, 0.15) is 0 Å². The molecule has 6 heteroatoms. The molecule has 19 heavy (non-hydrogen) atoms. The minimum Gasteiger partial charge on any atom is -0.477 e. The summed E-state index contributed by atoms with van der Waals surface area (Å²) in [5, 5.41) is 10.6. The van der Waals surface area contributed by atoms with Gasteiger partial charge in [-0.15, -0.1) is 0 Å². The number of fused-ring (bicyclic) bond motifs is 1. The maximum absolute atomic E-state index is 10.6. The lowest BCUT2D eigenvalue weighted by atomic mass is 10.2. The zero-order valence-electron chi connectivity index (χ0n) is 10.7. The van der Waals surface area contributed by atoms with Gasteiger partial charge in [-0.05, 0) is 12.5 Å². The average molecular weight is 261 g/mol. The van der Waals surface area contributed by atoms with E-state index < -0.39 is 4.92 Å². The molecule has 1 aromatic carbocycles. The summed E-state index contributed by atoms with van der Waals surface area (Å²) in [4.78, 5) is 18.6. The summed E-state index contributed by atoms with van der Waals surface area (Å²) in [6, 6.07) is 4.40. The Morgan fingerprint density at radius 2 is 2.16 bits per heavy atom. The maximum atomic E-state index is 10.6. The number of nitro groups is 1. The predicted octanol–water partition coefficient (Wildman–Crippen LogP) is 3.11. The van der Waals surface area contributed by atoms with Crippen molar-refractivity contribution in [3.05, 3.63) is 34.5 Å². The third-order valence-corrected chi connectivity index (χ3v) is 2.71. The predicted molar refractivity (Wildman–Crippen MR) is 71.2 cm³/mol. The standard InChI is InChI=1S/C13H15N3O3/c1-2-3-4-7-19-13-9-14-12-8-10(16(17)18)5-6-11(12)15-13/h5-6,8-9H,2-4,7H2,1H3. The van der Waals surface area contributed by atoms with Crippen LogP contribution in [0.1, 0.15) is 26.2 Å². The maximum Gasteiger partial charge on any atom is 0.271 e. The Bertz CT molecular complexity index is 586. The Morgan fingerprint density at radius 1 is 1.32 bits per heavy atom. The van der Waals surface area contributed by atoms with Crippen LogP contribution in [0.2, 0.25) is 0 Å². The molecule has 1 aromatic heterocycles. The van der Waals surface area contributed by atoms with Crippen molar-refractivity contribution in [1.29, 1.82) is 0 Å². The Balaban J connectivity index is 2.12. The van der Waals surface area contributed by atoms with Gasteiger partial charge < -0.3 is 4.74 Å². The van der Waals surface area contributed by atoms with E-state index >= 15 is 0 Å². The van der Waals surface area contributed by atoms with E-state index in [1.807, 2.05) is 0 Å². The molecule has 100 valence electrons. The van der Waals surface area contributed by atoms with Crippen molar-refractivity contribution in [3.63, 3.8) is 0 Å². The fourth-order valence-electron chi connectivity index (χ4n) is 1.69. The normalized spacial score (nSPS) is 10.6. The molecule has 0 aliphatic rings. The lowest BCUT2D eigenvalue weighted by molar-refractivity contribution is -0.384. The molecule has 2 rings (SSSR count). The van der Waals surface area contributed by atoms with E-state index in [2.05, 4.69) is 16.9 Å². The largest absolute Gasteiger partial charge is 0.477 e. The first-order valence-corrected chi connectivity index (χ1v) is 6.24. The van der Waals surface area contributed by atoms with Crippen molar-refractivity contribution >= 4 is 16.7 Å². The number of nitro benzene ring substituents is 1. The van der Waals surface area contributed by atoms with E-state index in [-0.39, 0.29) is 5.69 Å². The lowest BCUT2D eigenvalue weighted by Gasteiger charge is -2.05. The molecule has 0 aliphatic carbocycles. The van der Waals surface area contributed by atoms with Crippen LogP contribution in [0, 0.1) is 10.1 Å².